The standard InChI is InChI=1S/C14H17FO2/c1-10-6-7-12(13(15)8-10)14(16)17-9-11-4-2-3-5-11/h6-8,11H,2-5,9H2,1H3. The van der Waals surface area contributed by atoms with Crippen molar-refractivity contribution >= 4 is 5.97 Å². The Morgan fingerprint density at radius 2 is 2.12 bits per heavy atom. The fourth-order valence-electron chi connectivity index (χ4n) is 2.23. The number of carbonyl (C=O) groups excluding carboxylic acids is 1. The smallest absolute Gasteiger partial charge is 0.341 e. The predicted molar refractivity (Wildman–Crippen MR) is 63.4 cm³/mol. The third-order valence-electron chi connectivity index (χ3n) is 3.27. The van der Waals surface area contributed by atoms with Gasteiger partial charge in [0, 0.05) is 0 Å². The number of esters is 1. The van der Waals surface area contributed by atoms with Crippen molar-refractivity contribution in [2.75, 3.05) is 6.61 Å². The van der Waals surface area contributed by atoms with E-state index in [1.807, 2.05) is 0 Å². The van der Waals surface area contributed by atoms with Gasteiger partial charge >= 0.3 is 5.97 Å². The first-order valence-corrected chi connectivity index (χ1v) is 6.10. The molecule has 92 valence electrons. The second-order valence-corrected chi connectivity index (χ2v) is 4.73. The molecule has 1 aliphatic rings. The molecule has 0 spiro atoms. The molecule has 1 fully saturated rings. The molecule has 1 saturated carbocycles. The molecule has 0 radical (unpaired) electrons. The Morgan fingerprint density at radius 1 is 1.41 bits per heavy atom. The molecule has 1 aromatic rings. The Kier molecular flexibility index (Phi) is 3.77. The molecule has 0 unspecified atom stereocenters. The van der Waals surface area contributed by atoms with Crippen LogP contribution in [0.2, 0.25) is 0 Å². The minimum atomic E-state index is -0.547. The third kappa shape index (κ3) is 3.05. The average molecular weight is 236 g/mol. The first-order valence-electron chi connectivity index (χ1n) is 6.10. The van der Waals surface area contributed by atoms with Crippen LogP contribution in [0.25, 0.3) is 0 Å². The normalized spacial score (nSPS) is 16.1. The van der Waals surface area contributed by atoms with Crippen LogP contribution < -0.4 is 0 Å². The molecular formula is C14H17FO2. The van der Waals surface area contributed by atoms with Crippen LogP contribution in [0.5, 0.6) is 0 Å². The second kappa shape index (κ2) is 5.30. The van der Waals surface area contributed by atoms with Crippen LogP contribution in [0, 0.1) is 18.7 Å². The summed E-state index contributed by atoms with van der Waals surface area (Å²) in [5.41, 5.74) is 0.837. The van der Waals surface area contributed by atoms with Crippen LogP contribution in [0.4, 0.5) is 4.39 Å². The summed E-state index contributed by atoms with van der Waals surface area (Å²) in [5, 5.41) is 0. The van der Waals surface area contributed by atoms with Crippen molar-refractivity contribution in [1.29, 1.82) is 0 Å². The largest absolute Gasteiger partial charge is 0.462 e. The van der Waals surface area contributed by atoms with Crippen molar-refractivity contribution in [3.8, 4) is 0 Å². The molecule has 2 rings (SSSR count). The molecule has 2 nitrogen and oxygen atoms in total. The quantitative estimate of drug-likeness (QED) is 0.751. The Morgan fingerprint density at radius 3 is 2.76 bits per heavy atom. The van der Waals surface area contributed by atoms with E-state index in [0.717, 1.165) is 18.4 Å². The monoisotopic (exact) mass is 236 g/mol. The van der Waals surface area contributed by atoms with Crippen LogP contribution in [0.15, 0.2) is 18.2 Å². The Bertz CT molecular complexity index is 409. The van der Waals surface area contributed by atoms with Gasteiger partial charge in [-0.15, -0.1) is 0 Å². The minimum absolute atomic E-state index is 0.0357. The summed E-state index contributed by atoms with van der Waals surface area (Å²) in [7, 11) is 0. The van der Waals surface area contributed by atoms with E-state index < -0.39 is 11.8 Å². The van der Waals surface area contributed by atoms with Crippen LogP contribution in [0.1, 0.15) is 41.6 Å². The highest BCUT2D eigenvalue weighted by Crippen LogP contribution is 2.25. The molecule has 1 aromatic carbocycles. The molecule has 0 amide bonds. The summed E-state index contributed by atoms with van der Waals surface area (Å²) in [6, 6.07) is 4.56. The van der Waals surface area contributed by atoms with E-state index in [4.69, 9.17) is 4.74 Å². The van der Waals surface area contributed by atoms with E-state index >= 15 is 0 Å². The van der Waals surface area contributed by atoms with Crippen molar-refractivity contribution in [2.45, 2.75) is 32.6 Å². The van der Waals surface area contributed by atoms with E-state index in [0.29, 0.717) is 12.5 Å². The molecule has 0 aliphatic heterocycles. The number of rotatable bonds is 3. The van der Waals surface area contributed by atoms with E-state index in [2.05, 4.69) is 0 Å². The number of aryl methyl sites for hydroxylation is 1. The molecule has 0 atom stereocenters. The van der Waals surface area contributed by atoms with Gasteiger partial charge in [0.15, 0.2) is 0 Å². The fourth-order valence-corrected chi connectivity index (χ4v) is 2.23. The lowest BCUT2D eigenvalue weighted by molar-refractivity contribution is 0.0437. The summed E-state index contributed by atoms with van der Waals surface area (Å²) in [4.78, 5) is 11.7. The molecule has 0 aromatic heterocycles. The number of hydrogen-bond donors (Lipinski definition) is 0. The highest BCUT2D eigenvalue weighted by molar-refractivity contribution is 5.89. The maximum Gasteiger partial charge on any atom is 0.341 e. The fraction of sp³-hybridized carbons (Fsp3) is 0.500. The number of ether oxygens (including phenoxy) is 1. The summed E-state index contributed by atoms with van der Waals surface area (Å²) >= 11 is 0. The zero-order chi connectivity index (χ0) is 12.3. The predicted octanol–water partition coefficient (Wildman–Crippen LogP) is 3.48. The lowest BCUT2D eigenvalue weighted by atomic mass is 10.1. The van der Waals surface area contributed by atoms with Crippen molar-refractivity contribution in [2.24, 2.45) is 5.92 Å². The van der Waals surface area contributed by atoms with E-state index in [9.17, 15) is 9.18 Å². The molecule has 0 heterocycles. The van der Waals surface area contributed by atoms with Crippen molar-refractivity contribution in [3.63, 3.8) is 0 Å². The van der Waals surface area contributed by atoms with E-state index in [-0.39, 0.29) is 5.56 Å². The van der Waals surface area contributed by atoms with Crippen LogP contribution in [0.3, 0.4) is 0 Å². The van der Waals surface area contributed by atoms with Crippen molar-refractivity contribution < 1.29 is 13.9 Å². The third-order valence-corrected chi connectivity index (χ3v) is 3.27. The summed E-state index contributed by atoms with van der Waals surface area (Å²) < 4.78 is 18.7. The molecule has 17 heavy (non-hydrogen) atoms. The summed E-state index contributed by atoms with van der Waals surface area (Å²) in [6.07, 6.45) is 4.65. The maximum absolute atomic E-state index is 13.5. The van der Waals surface area contributed by atoms with E-state index in [1.54, 1.807) is 13.0 Å². The highest BCUT2D eigenvalue weighted by Gasteiger charge is 2.19. The van der Waals surface area contributed by atoms with Gasteiger partial charge in [-0.3, -0.25) is 0 Å². The van der Waals surface area contributed by atoms with Crippen LogP contribution in [-0.4, -0.2) is 12.6 Å². The molecule has 3 heteroatoms. The van der Waals surface area contributed by atoms with Gasteiger partial charge in [0.25, 0.3) is 0 Å². The van der Waals surface area contributed by atoms with Crippen LogP contribution in [-0.2, 0) is 4.74 Å². The van der Waals surface area contributed by atoms with Gasteiger partial charge in [-0.2, -0.15) is 0 Å². The SMILES string of the molecule is Cc1ccc(C(=O)OCC2CCCC2)c(F)c1. The van der Waals surface area contributed by atoms with Gasteiger partial charge in [-0.05, 0) is 43.4 Å². The zero-order valence-corrected chi connectivity index (χ0v) is 10.0. The number of benzene rings is 1. The Hall–Kier alpha value is -1.38. The molecule has 0 saturated heterocycles. The highest BCUT2D eigenvalue weighted by atomic mass is 19.1. The summed E-state index contributed by atoms with van der Waals surface area (Å²) in [6.45, 7) is 2.21. The van der Waals surface area contributed by atoms with Gasteiger partial charge in [0.1, 0.15) is 5.82 Å². The van der Waals surface area contributed by atoms with Gasteiger partial charge in [-0.1, -0.05) is 18.9 Å². The van der Waals surface area contributed by atoms with E-state index in [1.165, 1.54) is 25.0 Å². The first kappa shape index (κ1) is 12.1. The number of carbonyl (C=O) groups is 1. The molecule has 0 N–H and O–H groups in total. The maximum atomic E-state index is 13.5. The average Bonchev–Trinajstić information content (AvgIpc) is 2.78. The topological polar surface area (TPSA) is 26.3 Å². The molecule has 1 aliphatic carbocycles. The number of halogens is 1. The molecular weight excluding hydrogens is 219 g/mol. The van der Waals surface area contributed by atoms with Crippen molar-refractivity contribution in [3.05, 3.63) is 35.1 Å². The Balaban J connectivity index is 1.94. The lowest BCUT2D eigenvalue weighted by Gasteiger charge is -2.10. The number of hydrogen-bond acceptors (Lipinski definition) is 2. The zero-order valence-electron chi connectivity index (χ0n) is 10.0. The van der Waals surface area contributed by atoms with Gasteiger partial charge in [0.05, 0.1) is 12.2 Å². The second-order valence-electron chi connectivity index (χ2n) is 4.73. The lowest BCUT2D eigenvalue weighted by Crippen LogP contribution is -2.13. The summed E-state index contributed by atoms with van der Waals surface area (Å²) in [5.74, 6) is -0.580. The van der Waals surface area contributed by atoms with Gasteiger partial charge in [-0.25, -0.2) is 9.18 Å². The molecule has 0 bridgehead atoms. The van der Waals surface area contributed by atoms with Gasteiger partial charge < -0.3 is 4.74 Å². The van der Waals surface area contributed by atoms with Crippen LogP contribution >= 0.6 is 0 Å². The Labute approximate surface area is 101 Å². The van der Waals surface area contributed by atoms with Gasteiger partial charge in [0.2, 0.25) is 0 Å². The van der Waals surface area contributed by atoms with Crippen molar-refractivity contribution in [1.82, 2.24) is 0 Å². The first-order chi connectivity index (χ1) is 8.16. The minimum Gasteiger partial charge on any atom is -0.462 e.